The molecule has 4 heteroatoms. The first kappa shape index (κ1) is 13.5. The van der Waals surface area contributed by atoms with Gasteiger partial charge in [-0.3, -0.25) is 5.10 Å². The third kappa shape index (κ3) is 3.35. The van der Waals surface area contributed by atoms with E-state index in [2.05, 4.69) is 27.3 Å². The van der Waals surface area contributed by atoms with Gasteiger partial charge in [-0.25, -0.2) is 4.98 Å². The van der Waals surface area contributed by atoms with Crippen molar-refractivity contribution in [3.63, 3.8) is 0 Å². The molecule has 2 aromatic carbocycles. The van der Waals surface area contributed by atoms with Gasteiger partial charge in [-0.2, -0.15) is 5.10 Å². The fraction of sp³-hybridized carbons (Fsp3) is 0.176. The zero-order valence-electron chi connectivity index (χ0n) is 11.7. The van der Waals surface area contributed by atoms with Crippen LogP contribution in [-0.2, 0) is 6.42 Å². The summed E-state index contributed by atoms with van der Waals surface area (Å²) < 4.78 is 0. The van der Waals surface area contributed by atoms with Crippen LogP contribution in [0.5, 0.6) is 0 Å². The SMILES string of the molecule is N[C@@H](CCc1ccccc1)c1nc(-c2ccccc2)n[nH]1. The Balaban J connectivity index is 1.66. The Hall–Kier alpha value is -2.46. The molecule has 0 saturated heterocycles. The molecule has 0 spiro atoms. The van der Waals surface area contributed by atoms with Gasteiger partial charge >= 0.3 is 0 Å². The zero-order valence-corrected chi connectivity index (χ0v) is 11.7. The minimum Gasteiger partial charge on any atom is -0.321 e. The Morgan fingerprint density at radius 3 is 2.33 bits per heavy atom. The maximum absolute atomic E-state index is 6.20. The predicted molar refractivity (Wildman–Crippen MR) is 83.5 cm³/mol. The molecular formula is C17H18N4. The van der Waals surface area contributed by atoms with E-state index in [0.29, 0.717) is 5.82 Å². The van der Waals surface area contributed by atoms with Crippen LogP contribution in [0.3, 0.4) is 0 Å². The van der Waals surface area contributed by atoms with Gasteiger partial charge in [-0.15, -0.1) is 0 Å². The number of hydrogen-bond acceptors (Lipinski definition) is 3. The smallest absolute Gasteiger partial charge is 0.181 e. The monoisotopic (exact) mass is 278 g/mol. The highest BCUT2D eigenvalue weighted by Crippen LogP contribution is 2.18. The average Bonchev–Trinajstić information content (AvgIpc) is 3.04. The number of aryl methyl sites for hydroxylation is 1. The molecule has 0 aliphatic heterocycles. The molecule has 1 heterocycles. The van der Waals surface area contributed by atoms with E-state index in [-0.39, 0.29) is 6.04 Å². The number of nitrogens with one attached hydrogen (secondary N) is 1. The maximum Gasteiger partial charge on any atom is 0.181 e. The van der Waals surface area contributed by atoms with Crippen molar-refractivity contribution in [1.29, 1.82) is 0 Å². The van der Waals surface area contributed by atoms with E-state index in [1.165, 1.54) is 5.56 Å². The number of aromatic amines is 1. The lowest BCUT2D eigenvalue weighted by molar-refractivity contribution is 0.615. The van der Waals surface area contributed by atoms with E-state index in [9.17, 15) is 0 Å². The fourth-order valence-electron chi connectivity index (χ4n) is 2.26. The van der Waals surface area contributed by atoms with Crippen molar-refractivity contribution in [3.05, 3.63) is 72.1 Å². The first-order valence-electron chi connectivity index (χ1n) is 7.10. The summed E-state index contributed by atoms with van der Waals surface area (Å²) in [5.41, 5.74) is 8.48. The summed E-state index contributed by atoms with van der Waals surface area (Å²) in [7, 11) is 0. The summed E-state index contributed by atoms with van der Waals surface area (Å²) in [6, 6.07) is 20.1. The molecule has 3 aromatic rings. The lowest BCUT2D eigenvalue weighted by atomic mass is 10.1. The molecule has 3 N–H and O–H groups in total. The molecule has 4 nitrogen and oxygen atoms in total. The van der Waals surface area contributed by atoms with Gasteiger partial charge < -0.3 is 5.73 Å². The molecule has 1 atom stereocenters. The van der Waals surface area contributed by atoms with Crippen LogP contribution in [0.25, 0.3) is 11.4 Å². The summed E-state index contributed by atoms with van der Waals surface area (Å²) in [5, 5.41) is 7.20. The van der Waals surface area contributed by atoms with E-state index in [4.69, 9.17) is 5.73 Å². The quantitative estimate of drug-likeness (QED) is 0.753. The highest BCUT2D eigenvalue weighted by Gasteiger charge is 2.12. The first-order valence-corrected chi connectivity index (χ1v) is 7.10. The standard InChI is InChI=1S/C17H18N4/c18-15(12-11-13-7-3-1-4-8-13)17-19-16(20-21-17)14-9-5-2-6-10-14/h1-10,15H,11-12,18H2,(H,19,20,21)/t15-/m0/s1. The first-order chi connectivity index (χ1) is 10.3. The molecule has 0 unspecified atom stereocenters. The fourth-order valence-corrected chi connectivity index (χ4v) is 2.26. The Morgan fingerprint density at radius 1 is 0.952 bits per heavy atom. The van der Waals surface area contributed by atoms with Crippen molar-refractivity contribution >= 4 is 0 Å². The van der Waals surface area contributed by atoms with Gasteiger partial charge in [-0.05, 0) is 18.4 Å². The van der Waals surface area contributed by atoms with Crippen molar-refractivity contribution in [3.8, 4) is 11.4 Å². The summed E-state index contributed by atoms with van der Waals surface area (Å²) in [6.45, 7) is 0. The average molecular weight is 278 g/mol. The highest BCUT2D eigenvalue weighted by atomic mass is 15.2. The number of rotatable bonds is 5. The molecule has 0 saturated carbocycles. The summed E-state index contributed by atoms with van der Waals surface area (Å²) in [4.78, 5) is 4.50. The van der Waals surface area contributed by atoms with E-state index < -0.39 is 0 Å². The zero-order chi connectivity index (χ0) is 14.5. The predicted octanol–water partition coefficient (Wildman–Crippen LogP) is 3.10. The van der Waals surface area contributed by atoms with Crippen LogP contribution < -0.4 is 5.73 Å². The highest BCUT2D eigenvalue weighted by molar-refractivity contribution is 5.53. The molecule has 0 radical (unpaired) electrons. The summed E-state index contributed by atoms with van der Waals surface area (Å²) >= 11 is 0. The second-order valence-electron chi connectivity index (χ2n) is 5.04. The minimum atomic E-state index is -0.129. The van der Waals surface area contributed by atoms with Crippen molar-refractivity contribution in [1.82, 2.24) is 15.2 Å². The van der Waals surface area contributed by atoms with Crippen LogP contribution in [0.1, 0.15) is 23.9 Å². The normalized spacial score (nSPS) is 12.2. The summed E-state index contributed by atoms with van der Waals surface area (Å²) in [5.74, 6) is 1.44. The number of nitrogens with two attached hydrogens (primary N) is 1. The second kappa shape index (κ2) is 6.33. The molecular weight excluding hydrogens is 260 g/mol. The molecule has 3 rings (SSSR count). The Morgan fingerprint density at radius 2 is 1.62 bits per heavy atom. The molecule has 0 bridgehead atoms. The van der Waals surface area contributed by atoms with Gasteiger partial charge in [0, 0.05) is 5.56 Å². The van der Waals surface area contributed by atoms with Crippen molar-refractivity contribution < 1.29 is 0 Å². The van der Waals surface area contributed by atoms with Gasteiger partial charge in [-0.1, -0.05) is 60.7 Å². The largest absolute Gasteiger partial charge is 0.321 e. The molecule has 21 heavy (non-hydrogen) atoms. The van der Waals surface area contributed by atoms with Gasteiger partial charge in [0.15, 0.2) is 5.82 Å². The molecule has 0 amide bonds. The Kier molecular flexibility index (Phi) is 4.07. The molecule has 1 aromatic heterocycles. The molecule has 106 valence electrons. The van der Waals surface area contributed by atoms with Crippen molar-refractivity contribution in [2.45, 2.75) is 18.9 Å². The Labute approximate surface area is 124 Å². The molecule has 0 aliphatic carbocycles. The van der Waals surface area contributed by atoms with Crippen LogP contribution in [0.4, 0.5) is 0 Å². The number of aromatic nitrogens is 3. The van der Waals surface area contributed by atoms with Crippen LogP contribution in [-0.4, -0.2) is 15.2 Å². The summed E-state index contributed by atoms with van der Waals surface area (Å²) in [6.07, 6.45) is 1.77. The van der Waals surface area contributed by atoms with E-state index >= 15 is 0 Å². The van der Waals surface area contributed by atoms with Gasteiger partial charge in [0.2, 0.25) is 0 Å². The molecule has 0 aliphatic rings. The number of benzene rings is 2. The third-order valence-corrected chi connectivity index (χ3v) is 3.47. The van der Waals surface area contributed by atoms with Crippen LogP contribution in [0.2, 0.25) is 0 Å². The Bertz CT molecular complexity index is 676. The van der Waals surface area contributed by atoms with Crippen LogP contribution >= 0.6 is 0 Å². The van der Waals surface area contributed by atoms with Crippen molar-refractivity contribution in [2.75, 3.05) is 0 Å². The van der Waals surface area contributed by atoms with Crippen LogP contribution in [0.15, 0.2) is 60.7 Å². The van der Waals surface area contributed by atoms with Gasteiger partial charge in [0.05, 0.1) is 6.04 Å². The molecule has 0 fully saturated rings. The third-order valence-electron chi connectivity index (χ3n) is 3.47. The number of nitrogens with zero attached hydrogens (tertiary/aromatic N) is 2. The van der Waals surface area contributed by atoms with Gasteiger partial charge in [0.25, 0.3) is 0 Å². The lowest BCUT2D eigenvalue weighted by Gasteiger charge is -2.07. The number of hydrogen-bond donors (Lipinski definition) is 2. The minimum absolute atomic E-state index is 0.129. The van der Waals surface area contributed by atoms with Crippen molar-refractivity contribution in [2.24, 2.45) is 5.73 Å². The topological polar surface area (TPSA) is 67.6 Å². The van der Waals surface area contributed by atoms with E-state index in [1.54, 1.807) is 0 Å². The lowest BCUT2D eigenvalue weighted by Crippen LogP contribution is -2.13. The van der Waals surface area contributed by atoms with Crippen LogP contribution in [0, 0.1) is 0 Å². The second-order valence-corrected chi connectivity index (χ2v) is 5.04. The van der Waals surface area contributed by atoms with Gasteiger partial charge in [0.1, 0.15) is 5.82 Å². The van der Waals surface area contributed by atoms with E-state index in [1.807, 2.05) is 48.5 Å². The number of H-pyrrole nitrogens is 1. The maximum atomic E-state index is 6.20. The van der Waals surface area contributed by atoms with E-state index in [0.717, 1.165) is 24.2 Å².